The van der Waals surface area contributed by atoms with E-state index in [0.29, 0.717) is 0 Å². The third kappa shape index (κ3) is 2.64. The minimum atomic E-state index is -0.562. The van der Waals surface area contributed by atoms with Crippen LogP contribution in [0.1, 0.15) is 12.5 Å². The summed E-state index contributed by atoms with van der Waals surface area (Å²) in [6.07, 6.45) is 0.193. The van der Waals surface area contributed by atoms with Crippen molar-refractivity contribution in [1.29, 1.82) is 0 Å². The second-order valence-corrected chi connectivity index (χ2v) is 4.41. The van der Waals surface area contributed by atoms with E-state index in [1.54, 1.807) is 6.92 Å². The SMILES string of the molecule is CC(Cl)Cc1c(F)ccc(Br)c1F. The molecule has 1 unspecified atom stereocenters. The first-order valence-electron chi connectivity index (χ1n) is 3.79. The molecule has 4 heteroatoms. The van der Waals surface area contributed by atoms with Crippen LogP contribution in [0.25, 0.3) is 0 Å². The van der Waals surface area contributed by atoms with Gasteiger partial charge in [0.25, 0.3) is 0 Å². The van der Waals surface area contributed by atoms with Gasteiger partial charge in [0.05, 0.1) is 4.47 Å². The van der Waals surface area contributed by atoms with Crippen molar-refractivity contribution in [3.8, 4) is 0 Å². The second-order valence-electron chi connectivity index (χ2n) is 2.81. The fraction of sp³-hybridized carbons (Fsp3) is 0.333. The van der Waals surface area contributed by atoms with E-state index in [1.807, 2.05) is 0 Å². The van der Waals surface area contributed by atoms with Crippen molar-refractivity contribution in [2.75, 3.05) is 0 Å². The lowest BCUT2D eigenvalue weighted by Crippen LogP contribution is -2.03. The van der Waals surface area contributed by atoms with Gasteiger partial charge in [0.2, 0.25) is 0 Å². The van der Waals surface area contributed by atoms with Crippen LogP contribution in [0.3, 0.4) is 0 Å². The van der Waals surface area contributed by atoms with Crippen LogP contribution in [-0.4, -0.2) is 5.38 Å². The molecule has 0 spiro atoms. The number of benzene rings is 1. The Kier molecular flexibility index (Phi) is 3.68. The molecule has 0 heterocycles. The summed E-state index contributed by atoms with van der Waals surface area (Å²) in [5, 5.41) is -0.279. The van der Waals surface area contributed by atoms with Crippen molar-refractivity contribution in [3.05, 3.63) is 33.8 Å². The first-order valence-corrected chi connectivity index (χ1v) is 5.01. The van der Waals surface area contributed by atoms with Gasteiger partial charge in [0.15, 0.2) is 0 Å². The normalized spacial score (nSPS) is 13.0. The van der Waals surface area contributed by atoms with Gasteiger partial charge in [-0.3, -0.25) is 0 Å². The lowest BCUT2D eigenvalue weighted by atomic mass is 10.1. The van der Waals surface area contributed by atoms with Gasteiger partial charge >= 0.3 is 0 Å². The highest BCUT2D eigenvalue weighted by Crippen LogP contribution is 2.23. The van der Waals surface area contributed by atoms with E-state index in [0.717, 1.165) is 0 Å². The molecule has 0 aliphatic carbocycles. The molecule has 0 aliphatic rings. The highest BCUT2D eigenvalue weighted by atomic mass is 79.9. The molecule has 1 atom stereocenters. The second kappa shape index (κ2) is 4.38. The molecule has 0 fully saturated rings. The quantitative estimate of drug-likeness (QED) is 0.564. The molecule has 1 aromatic carbocycles. The zero-order chi connectivity index (χ0) is 10.0. The van der Waals surface area contributed by atoms with Crippen LogP contribution in [0.5, 0.6) is 0 Å². The van der Waals surface area contributed by atoms with Crippen LogP contribution < -0.4 is 0 Å². The molecule has 0 nitrogen and oxygen atoms in total. The van der Waals surface area contributed by atoms with Crippen molar-refractivity contribution in [2.45, 2.75) is 18.7 Å². The lowest BCUT2D eigenvalue weighted by molar-refractivity contribution is 0.549. The van der Waals surface area contributed by atoms with Crippen molar-refractivity contribution < 1.29 is 8.78 Å². The molecule has 1 aromatic rings. The molecule has 0 bridgehead atoms. The molecule has 1 rings (SSSR count). The summed E-state index contributed by atoms with van der Waals surface area (Å²) >= 11 is 8.65. The molecule has 13 heavy (non-hydrogen) atoms. The molecular formula is C9H8BrClF2. The summed E-state index contributed by atoms with van der Waals surface area (Å²) in [4.78, 5) is 0. The Morgan fingerprint density at radius 2 is 2.08 bits per heavy atom. The van der Waals surface area contributed by atoms with Crippen molar-refractivity contribution in [3.63, 3.8) is 0 Å². The standard InChI is InChI=1S/C9H8BrClF2/c1-5(11)4-6-8(12)3-2-7(10)9(6)13/h2-3,5H,4H2,1H3. The lowest BCUT2D eigenvalue weighted by Gasteiger charge is -2.07. The number of rotatable bonds is 2. The zero-order valence-electron chi connectivity index (χ0n) is 6.95. The number of hydrogen-bond acceptors (Lipinski definition) is 0. The van der Waals surface area contributed by atoms with Gasteiger partial charge in [-0.1, -0.05) is 0 Å². The average Bonchev–Trinajstić information content (AvgIpc) is 2.05. The van der Waals surface area contributed by atoms with Crippen molar-refractivity contribution in [1.82, 2.24) is 0 Å². The molecule has 0 saturated carbocycles. The maximum atomic E-state index is 13.3. The molecule has 0 amide bonds. The minimum Gasteiger partial charge on any atom is -0.207 e. The molecule has 0 N–H and O–H groups in total. The Morgan fingerprint density at radius 1 is 1.46 bits per heavy atom. The van der Waals surface area contributed by atoms with E-state index in [1.165, 1.54) is 12.1 Å². The highest BCUT2D eigenvalue weighted by molar-refractivity contribution is 9.10. The largest absolute Gasteiger partial charge is 0.207 e. The zero-order valence-corrected chi connectivity index (χ0v) is 9.29. The first kappa shape index (κ1) is 10.9. The predicted octanol–water partition coefficient (Wildman–Crippen LogP) is 3.90. The first-order chi connectivity index (χ1) is 6.02. The van der Waals surface area contributed by atoms with E-state index in [4.69, 9.17) is 11.6 Å². The fourth-order valence-corrected chi connectivity index (χ4v) is 1.56. The molecular weight excluding hydrogens is 261 g/mol. The van der Waals surface area contributed by atoms with Crippen LogP contribution >= 0.6 is 27.5 Å². The van der Waals surface area contributed by atoms with Crippen LogP contribution in [0.4, 0.5) is 8.78 Å². The summed E-state index contributed by atoms with van der Waals surface area (Å²) in [6.45, 7) is 1.70. The Hall–Kier alpha value is -0.150. The summed E-state index contributed by atoms with van der Waals surface area (Å²) in [7, 11) is 0. The van der Waals surface area contributed by atoms with E-state index in [9.17, 15) is 8.78 Å². The number of alkyl halides is 1. The Balaban J connectivity index is 3.10. The smallest absolute Gasteiger partial charge is 0.143 e. The van der Waals surface area contributed by atoms with Gasteiger partial charge in [-0.15, -0.1) is 11.6 Å². The van der Waals surface area contributed by atoms with E-state index in [2.05, 4.69) is 15.9 Å². The molecule has 72 valence electrons. The van der Waals surface area contributed by atoms with Crippen LogP contribution in [0.2, 0.25) is 0 Å². The van der Waals surface area contributed by atoms with Crippen molar-refractivity contribution in [2.24, 2.45) is 0 Å². The van der Waals surface area contributed by atoms with Gasteiger partial charge in [-0.2, -0.15) is 0 Å². The van der Waals surface area contributed by atoms with Gasteiger partial charge in [0.1, 0.15) is 11.6 Å². The number of hydrogen-bond donors (Lipinski definition) is 0. The fourth-order valence-electron chi connectivity index (χ4n) is 1.04. The number of halogens is 4. The maximum absolute atomic E-state index is 13.3. The highest BCUT2D eigenvalue weighted by Gasteiger charge is 2.13. The molecule has 0 saturated heterocycles. The van der Waals surface area contributed by atoms with E-state index >= 15 is 0 Å². The predicted molar refractivity (Wildman–Crippen MR) is 53.1 cm³/mol. The molecule has 0 radical (unpaired) electrons. The Labute approximate surface area is 89.0 Å². The van der Waals surface area contributed by atoms with Gasteiger partial charge < -0.3 is 0 Å². The van der Waals surface area contributed by atoms with Gasteiger partial charge in [-0.05, 0) is 41.4 Å². The van der Waals surface area contributed by atoms with Crippen LogP contribution in [0.15, 0.2) is 16.6 Å². The Morgan fingerprint density at radius 3 is 2.62 bits per heavy atom. The molecule has 0 aromatic heterocycles. The summed E-state index contributed by atoms with van der Waals surface area (Å²) in [6, 6.07) is 2.56. The maximum Gasteiger partial charge on any atom is 0.143 e. The van der Waals surface area contributed by atoms with Crippen LogP contribution in [0, 0.1) is 11.6 Å². The summed E-state index contributed by atoms with van der Waals surface area (Å²) in [5.41, 5.74) is 0.0388. The summed E-state index contributed by atoms with van der Waals surface area (Å²) < 4.78 is 26.6. The minimum absolute atomic E-state index is 0.0388. The van der Waals surface area contributed by atoms with E-state index < -0.39 is 11.6 Å². The average molecular weight is 270 g/mol. The van der Waals surface area contributed by atoms with Crippen molar-refractivity contribution >= 4 is 27.5 Å². The molecule has 0 aliphatic heterocycles. The third-order valence-corrected chi connectivity index (χ3v) is 2.39. The van der Waals surface area contributed by atoms with Gasteiger partial charge in [0, 0.05) is 10.9 Å². The summed E-state index contributed by atoms with van der Waals surface area (Å²) in [5.74, 6) is -1.11. The van der Waals surface area contributed by atoms with E-state index in [-0.39, 0.29) is 21.8 Å². The Bertz CT molecular complexity index is 313. The topological polar surface area (TPSA) is 0 Å². The monoisotopic (exact) mass is 268 g/mol. The van der Waals surface area contributed by atoms with Crippen LogP contribution in [-0.2, 0) is 6.42 Å². The van der Waals surface area contributed by atoms with Gasteiger partial charge in [-0.25, -0.2) is 8.78 Å². The third-order valence-electron chi connectivity index (χ3n) is 1.62.